The van der Waals surface area contributed by atoms with E-state index in [-0.39, 0.29) is 5.91 Å². The maximum absolute atomic E-state index is 11.5. The Kier molecular flexibility index (Phi) is 3.44. The Morgan fingerprint density at radius 2 is 2.30 bits per heavy atom. The number of carbonyl (C=O) groups excluding carboxylic acids is 1. The third kappa shape index (κ3) is 2.54. The summed E-state index contributed by atoms with van der Waals surface area (Å²) >= 11 is 0. The molecule has 20 heavy (non-hydrogen) atoms. The smallest absolute Gasteiger partial charge is 0.283 e. The number of hydrazine groups is 1. The van der Waals surface area contributed by atoms with Gasteiger partial charge in [0.25, 0.3) is 5.91 Å². The Morgan fingerprint density at radius 3 is 3.15 bits per heavy atom. The Bertz CT molecular complexity index is 623. The summed E-state index contributed by atoms with van der Waals surface area (Å²) in [5, 5.41) is 0. The molecule has 0 atom stereocenters. The predicted molar refractivity (Wildman–Crippen MR) is 72.2 cm³/mol. The lowest BCUT2D eigenvalue weighted by Gasteiger charge is -2.27. The molecular formula is C13H16N6O. The van der Waals surface area contributed by atoms with E-state index in [4.69, 9.17) is 5.84 Å². The monoisotopic (exact) mass is 272 g/mol. The minimum absolute atomic E-state index is 0.337. The summed E-state index contributed by atoms with van der Waals surface area (Å²) in [5.41, 5.74) is 3.28. The third-order valence-electron chi connectivity index (χ3n) is 3.38. The number of hydrogen-bond acceptors (Lipinski definition) is 5. The van der Waals surface area contributed by atoms with Crippen molar-refractivity contribution < 1.29 is 4.79 Å². The first-order valence-electron chi connectivity index (χ1n) is 6.45. The summed E-state index contributed by atoms with van der Waals surface area (Å²) in [6, 6.07) is 5.38. The molecule has 3 N–H and O–H groups in total. The van der Waals surface area contributed by atoms with Crippen LogP contribution in [-0.4, -0.2) is 31.9 Å². The molecule has 0 unspecified atom stereocenters. The maximum atomic E-state index is 11.5. The first-order chi connectivity index (χ1) is 9.76. The fourth-order valence-corrected chi connectivity index (χ4v) is 2.36. The number of carbonyl (C=O) groups is 1. The molecular weight excluding hydrogens is 256 g/mol. The standard InChI is InChI=1S/C13H16N6O/c14-17-13(20)11-3-1-2-10(16-11)8-18-6-7-19-5-4-15-12(19)9-18/h1-5H,6-9,14H2,(H,17,20). The van der Waals surface area contributed by atoms with Crippen molar-refractivity contribution in [2.75, 3.05) is 6.54 Å². The quantitative estimate of drug-likeness (QED) is 0.462. The third-order valence-corrected chi connectivity index (χ3v) is 3.38. The molecule has 2 aromatic rings. The van der Waals surface area contributed by atoms with Crippen LogP contribution in [0.1, 0.15) is 22.0 Å². The zero-order valence-electron chi connectivity index (χ0n) is 11.0. The summed E-state index contributed by atoms with van der Waals surface area (Å²) in [6.07, 6.45) is 3.82. The molecule has 7 heteroatoms. The number of nitrogens with one attached hydrogen (secondary N) is 1. The molecule has 0 aromatic carbocycles. The predicted octanol–water partition coefficient (Wildman–Crippen LogP) is -0.103. The van der Waals surface area contributed by atoms with Crippen molar-refractivity contribution in [3.63, 3.8) is 0 Å². The van der Waals surface area contributed by atoms with Gasteiger partial charge in [-0.1, -0.05) is 6.07 Å². The van der Waals surface area contributed by atoms with E-state index in [1.807, 2.05) is 24.5 Å². The molecule has 3 rings (SSSR count). The van der Waals surface area contributed by atoms with Crippen LogP contribution >= 0.6 is 0 Å². The first-order valence-corrected chi connectivity index (χ1v) is 6.45. The van der Waals surface area contributed by atoms with Crippen molar-refractivity contribution in [1.29, 1.82) is 0 Å². The molecule has 0 radical (unpaired) electrons. The zero-order valence-corrected chi connectivity index (χ0v) is 11.0. The average molecular weight is 272 g/mol. The highest BCUT2D eigenvalue weighted by molar-refractivity contribution is 5.91. The molecule has 7 nitrogen and oxygen atoms in total. The summed E-state index contributed by atoms with van der Waals surface area (Å²) < 4.78 is 2.15. The number of fused-ring (bicyclic) bond motifs is 1. The molecule has 0 saturated carbocycles. The SMILES string of the molecule is NNC(=O)c1cccc(CN2CCn3ccnc3C2)n1. The Labute approximate surface area is 116 Å². The van der Waals surface area contributed by atoms with Gasteiger partial charge in [0.15, 0.2) is 0 Å². The van der Waals surface area contributed by atoms with E-state index in [0.29, 0.717) is 12.2 Å². The molecule has 2 aromatic heterocycles. The largest absolute Gasteiger partial charge is 0.333 e. The van der Waals surface area contributed by atoms with Gasteiger partial charge in [-0.3, -0.25) is 15.1 Å². The van der Waals surface area contributed by atoms with Crippen LogP contribution in [0.2, 0.25) is 0 Å². The summed E-state index contributed by atoms with van der Waals surface area (Å²) in [6.45, 7) is 3.36. The van der Waals surface area contributed by atoms with Crippen LogP contribution in [-0.2, 0) is 19.6 Å². The molecule has 0 bridgehead atoms. The normalized spacial score (nSPS) is 14.8. The lowest BCUT2D eigenvalue weighted by molar-refractivity contribution is 0.0948. The van der Waals surface area contributed by atoms with Gasteiger partial charge in [-0.25, -0.2) is 15.8 Å². The Morgan fingerprint density at radius 1 is 1.40 bits per heavy atom. The van der Waals surface area contributed by atoms with E-state index < -0.39 is 0 Å². The number of amides is 1. The summed E-state index contributed by atoms with van der Waals surface area (Å²) in [4.78, 5) is 22.4. The lowest BCUT2D eigenvalue weighted by Crippen LogP contribution is -2.34. The second-order valence-electron chi connectivity index (χ2n) is 4.74. The van der Waals surface area contributed by atoms with Gasteiger partial charge in [-0.05, 0) is 12.1 Å². The Balaban J connectivity index is 1.71. The highest BCUT2D eigenvalue weighted by Gasteiger charge is 2.17. The minimum atomic E-state index is -0.374. The van der Waals surface area contributed by atoms with Crippen molar-refractivity contribution >= 4 is 5.91 Å². The van der Waals surface area contributed by atoms with Gasteiger partial charge in [0.05, 0.1) is 12.2 Å². The van der Waals surface area contributed by atoms with Gasteiger partial charge in [-0.15, -0.1) is 0 Å². The van der Waals surface area contributed by atoms with Crippen LogP contribution < -0.4 is 11.3 Å². The van der Waals surface area contributed by atoms with Crippen molar-refractivity contribution in [2.45, 2.75) is 19.6 Å². The van der Waals surface area contributed by atoms with Gasteiger partial charge >= 0.3 is 0 Å². The van der Waals surface area contributed by atoms with Crippen molar-refractivity contribution in [3.05, 3.63) is 47.8 Å². The number of nitrogens with zero attached hydrogens (tertiary/aromatic N) is 4. The Hall–Kier alpha value is -2.25. The van der Waals surface area contributed by atoms with E-state index in [1.54, 1.807) is 6.07 Å². The van der Waals surface area contributed by atoms with E-state index in [2.05, 4.69) is 24.9 Å². The van der Waals surface area contributed by atoms with E-state index in [0.717, 1.165) is 31.2 Å². The second kappa shape index (κ2) is 5.40. The highest BCUT2D eigenvalue weighted by Crippen LogP contribution is 2.13. The van der Waals surface area contributed by atoms with Crippen LogP contribution in [0.4, 0.5) is 0 Å². The van der Waals surface area contributed by atoms with Gasteiger partial charge in [0, 0.05) is 32.0 Å². The fraction of sp³-hybridized carbons (Fsp3) is 0.308. The highest BCUT2D eigenvalue weighted by atomic mass is 16.2. The minimum Gasteiger partial charge on any atom is -0.333 e. The maximum Gasteiger partial charge on any atom is 0.283 e. The molecule has 104 valence electrons. The van der Waals surface area contributed by atoms with Crippen LogP contribution in [0.15, 0.2) is 30.6 Å². The van der Waals surface area contributed by atoms with Crippen molar-refractivity contribution in [3.8, 4) is 0 Å². The van der Waals surface area contributed by atoms with Gasteiger partial charge in [-0.2, -0.15) is 0 Å². The fourth-order valence-electron chi connectivity index (χ4n) is 2.36. The number of aromatic nitrogens is 3. The molecule has 0 fully saturated rings. The van der Waals surface area contributed by atoms with Crippen LogP contribution in [0.25, 0.3) is 0 Å². The molecule has 1 amide bonds. The van der Waals surface area contributed by atoms with Crippen molar-refractivity contribution in [1.82, 2.24) is 24.9 Å². The van der Waals surface area contributed by atoms with E-state index in [9.17, 15) is 4.79 Å². The molecule has 3 heterocycles. The molecule has 0 saturated heterocycles. The number of nitrogen functional groups attached to an aromatic ring is 1. The van der Waals surface area contributed by atoms with E-state index >= 15 is 0 Å². The van der Waals surface area contributed by atoms with Gasteiger partial charge in [0.1, 0.15) is 11.5 Å². The molecule has 1 aliphatic rings. The second-order valence-corrected chi connectivity index (χ2v) is 4.74. The first kappa shape index (κ1) is 12.8. The molecule has 1 aliphatic heterocycles. The number of pyridine rings is 1. The number of imidazole rings is 1. The van der Waals surface area contributed by atoms with E-state index in [1.165, 1.54) is 0 Å². The summed E-state index contributed by atoms with van der Waals surface area (Å²) in [7, 11) is 0. The molecule has 0 aliphatic carbocycles. The van der Waals surface area contributed by atoms with Gasteiger partial charge in [0.2, 0.25) is 0 Å². The number of rotatable bonds is 3. The average Bonchev–Trinajstić information content (AvgIpc) is 2.94. The van der Waals surface area contributed by atoms with Crippen LogP contribution in [0, 0.1) is 0 Å². The summed E-state index contributed by atoms with van der Waals surface area (Å²) in [5.74, 6) is 5.81. The van der Waals surface area contributed by atoms with Crippen LogP contribution in [0.5, 0.6) is 0 Å². The molecule has 0 spiro atoms. The lowest BCUT2D eigenvalue weighted by atomic mass is 10.2. The van der Waals surface area contributed by atoms with Crippen molar-refractivity contribution in [2.24, 2.45) is 5.84 Å². The van der Waals surface area contributed by atoms with Gasteiger partial charge < -0.3 is 4.57 Å². The van der Waals surface area contributed by atoms with Crippen LogP contribution in [0.3, 0.4) is 0 Å². The zero-order chi connectivity index (χ0) is 13.9. The number of hydrogen-bond donors (Lipinski definition) is 2. The number of nitrogens with two attached hydrogens (primary N) is 1. The topological polar surface area (TPSA) is 89.1 Å².